The second kappa shape index (κ2) is 6.48. The van der Waals surface area contributed by atoms with Gasteiger partial charge in [-0.25, -0.2) is 9.37 Å². The molecular weight excluding hydrogens is 331 g/mol. The Morgan fingerprint density at radius 3 is 2.46 bits per heavy atom. The zero-order chi connectivity index (χ0) is 18.1. The minimum Gasteiger partial charge on any atom is -0.492 e. The number of nitrogens with zero attached hydrogens (tertiary/aromatic N) is 4. The van der Waals surface area contributed by atoms with E-state index in [4.69, 9.17) is 0 Å². The van der Waals surface area contributed by atoms with Crippen LogP contribution in [0.5, 0.6) is 5.88 Å². The molecule has 0 unspecified atom stereocenters. The zero-order valence-corrected chi connectivity index (χ0v) is 14.2. The Hall–Kier alpha value is -3.41. The van der Waals surface area contributed by atoms with Crippen LogP contribution in [0.2, 0.25) is 0 Å². The van der Waals surface area contributed by atoms with Crippen molar-refractivity contribution in [1.82, 2.24) is 14.6 Å². The van der Waals surface area contributed by atoms with Gasteiger partial charge in [-0.3, -0.25) is 0 Å². The van der Waals surface area contributed by atoms with E-state index in [0.717, 1.165) is 0 Å². The molecule has 0 aliphatic heterocycles. The average molecular weight is 348 g/mol. The normalized spacial score (nSPS) is 11.0. The van der Waals surface area contributed by atoms with Crippen LogP contribution in [0.1, 0.15) is 5.56 Å². The van der Waals surface area contributed by atoms with E-state index in [1.54, 1.807) is 18.2 Å². The lowest BCUT2D eigenvalue weighted by Gasteiger charge is -2.18. The van der Waals surface area contributed by atoms with Gasteiger partial charge < -0.3 is 10.0 Å². The first-order valence-electron chi connectivity index (χ1n) is 8.21. The third-order valence-corrected chi connectivity index (χ3v) is 4.21. The number of rotatable bonds is 4. The summed E-state index contributed by atoms with van der Waals surface area (Å²) >= 11 is 0. The lowest BCUT2D eigenvalue weighted by atomic mass is 10.1. The Balaban J connectivity index is 1.69. The number of hydrogen-bond acceptors (Lipinski definition) is 4. The van der Waals surface area contributed by atoms with Gasteiger partial charge in [-0.15, -0.1) is 5.10 Å². The standard InChI is InChI=1S/C20H17FN4O/c1-24(13-14-5-3-2-4-6-14)18-12-11-17-22-19(20(26)25(17)23-18)15-7-9-16(21)10-8-15/h2-12,26H,13H2,1H3. The Bertz CT molecular complexity index is 1040. The van der Waals surface area contributed by atoms with Crippen LogP contribution in [-0.2, 0) is 6.54 Å². The second-order valence-corrected chi connectivity index (χ2v) is 6.09. The molecule has 130 valence electrons. The molecule has 0 aliphatic carbocycles. The molecule has 4 rings (SSSR count). The van der Waals surface area contributed by atoms with E-state index in [2.05, 4.69) is 22.2 Å². The highest BCUT2D eigenvalue weighted by atomic mass is 19.1. The van der Waals surface area contributed by atoms with Gasteiger partial charge in [-0.1, -0.05) is 30.3 Å². The van der Waals surface area contributed by atoms with Gasteiger partial charge in [0.05, 0.1) is 0 Å². The molecule has 0 fully saturated rings. The lowest BCUT2D eigenvalue weighted by Crippen LogP contribution is -2.18. The highest BCUT2D eigenvalue weighted by Crippen LogP contribution is 2.29. The van der Waals surface area contributed by atoms with Crippen molar-refractivity contribution in [2.24, 2.45) is 0 Å². The van der Waals surface area contributed by atoms with Crippen LogP contribution in [0.25, 0.3) is 16.9 Å². The third-order valence-electron chi connectivity index (χ3n) is 4.21. The number of halogens is 1. The molecule has 1 N–H and O–H groups in total. The third kappa shape index (κ3) is 2.97. The summed E-state index contributed by atoms with van der Waals surface area (Å²) in [5, 5.41) is 15.0. The molecule has 2 aromatic carbocycles. The van der Waals surface area contributed by atoms with Crippen LogP contribution in [0, 0.1) is 5.82 Å². The van der Waals surface area contributed by atoms with Crippen LogP contribution in [0.15, 0.2) is 66.7 Å². The molecule has 5 nitrogen and oxygen atoms in total. The molecule has 26 heavy (non-hydrogen) atoms. The zero-order valence-electron chi connectivity index (χ0n) is 14.2. The predicted octanol–water partition coefficient (Wildman–Crippen LogP) is 3.88. The van der Waals surface area contributed by atoms with Crippen LogP contribution < -0.4 is 4.90 Å². The van der Waals surface area contributed by atoms with E-state index >= 15 is 0 Å². The summed E-state index contributed by atoms with van der Waals surface area (Å²) in [5.41, 5.74) is 2.70. The summed E-state index contributed by atoms with van der Waals surface area (Å²) in [7, 11) is 1.94. The van der Waals surface area contributed by atoms with E-state index < -0.39 is 0 Å². The molecule has 0 aliphatic rings. The Morgan fingerprint density at radius 1 is 1.00 bits per heavy atom. The molecule has 0 radical (unpaired) electrons. The molecule has 0 atom stereocenters. The predicted molar refractivity (Wildman–Crippen MR) is 98.6 cm³/mol. The maximum Gasteiger partial charge on any atom is 0.241 e. The Morgan fingerprint density at radius 2 is 1.73 bits per heavy atom. The number of benzene rings is 2. The molecule has 0 saturated heterocycles. The number of aromatic nitrogens is 3. The number of imidazole rings is 1. The number of fused-ring (bicyclic) bond motifs is 1. The topological polar surface area (TPSA) is 53.7 Å². The van der Waals surface area contributed by atoms with Gasteiger partial charge in [0.1, 0.15) is 17.3 Å². The van der Waals surface area contributed by atoms with E-state index in [0.29, 0.717) is 29.3 Å². The molecule has 0 bridgehead atoms. The van der Waals surface area contributed by atoms with Crippen LogP contribution in [-0.4, -0.2) is 26.8 Å². The van der Waals surface area contributed by atoms with Crippen molar-refractivity contribution in [3.05, 3.63) is 78.1 Å². The molecule has 0 spiro atoms. The maximum atomic E-state index is 13.1. The maximum absolute atomic E-state index is 13.1. The monoisotopic (exact) mass is 348 g/mol. The molecule has 0 amide bonds. The quantitative estimate of drug-likeness (QED) is 0.608. The molecule has 2 heterocycles. The second-order valence-electron chi connectivity index (χ2n) is 6.09. The molecular formula is C20H17FN4O. The van der Waals surface area contributed by atoms with E-state index in [1.165, 1.54) is 22.2 Å². The minimum atomic E-state index is -0.333. The van der Waals surface area contributed by atoms with Crippen molar-refractivity contribution >= 4 is 11.5 Å². The summed E-state index contributed by atoms with van der Waals surface area (Å²) in [6.45, 7) is 0.694. The Labute approximate surface area is 150 Å². The van der Waals surface area contributed by atoms with Crippen molar-refractivity contribution in [2.75, 3.05) is 11.9 Å². The summed E-state index contributed by atoms with van der Waals surface area (Å²) in [6.07, 6.45) is 0. The highest BCUT2D eigenvalue weighted by Gasteiger charge is 2.15. The average Bonchev–Trinajstić information content (AvgIpc) is 2.99. The lowest BCUT2D eigenvalue weighted by molar-refractivity contribution is 0.441. The van der Waals surface area contributed by atoms with Gasteiger partial charge in [0.25, 0.3) is 0 Å². The molecule has 4 aromatic rings. The highest BCUT2D eigenvalue weighted by molar-refractivity contribution is 5.69. The number of anilines is 1. The first kappa shape index (κ1) is 16.1. The fraction of sp³-hybridized carbons (Fsp3) is 0.100. The summed E-state index contributed by atoms with van der Waals surface area (Å²) < 4.78 is 14.5. The van der Waals surface area contributed by atoms with Gasteiger partial charge in [-0.2, -0.15) is 4.52 Å². The first-order chi connectivity index (χ1) is 12.6. The van der Waals surface area contributed by atoms with Gasteiger partial charge >= 0.3 is 0 Å². The fourth-order valence-electron chi connectivity index (χ4n) is 2.86. The van der Waals surface area contributed by atoms with Gasteiger partial charge in [0, 0.05) is 19.2 Å². The van der Waals surface area contributed by atoms with Crippen LogP contribution in [0.4, 0.5) is 10.2 Å². The van der Waals surface area contributed by atoms with Crippen molar-refractivity contribution in [3.63, 3.8) is 0 Å². The fourth-order valence-corrected chi connectivity index (χ4v) is 2.86. The number of aromatic hydroxyl groups is 1. The smallest absolute Gasteiger partial charge is 0.241 e. The van der Waals surface area contributed by atoms with Crippen molar-refractivity contribution < 1.29 is 9.50 Å². The molecule has 6 heteroatoms. The summed E-state index contributed by atoms with van der Waals surface area (Å²) in [4.78, 5) is 6.40. The molecule has 2 aromatic heterocycles. The minimum absolute atomic E-state index is 0.0680. The van der Waals surface area contributed by atoms with Crippen LogP contribution >= 0.6 is 0 Å². The summed E-state index contributed by atoms with van der Waals surface area (Å²) in [6, 6.07) is 19.6. The van der Waals surface area contributed by atoms with E-state index in [-0.39, 0.29) is 11.7 Å². The largest absolute Gasteiger partial charge is 0.492 e. The van der Waals surface area contributed by atoms with Crippen molar-refractivity contribution in [1.29, 1.82) is 0 Å². The summed E-state index contributed by atoms with van der Waals surface area (Å²) in [5.74, 6) is 0.307. The van der Waals surface area contributed by atoms with Crippen molar-refractivity contribution in [2.45, 2.75) is 6.54 Å². The number of hydrogen-bond donors (Lipinski definition) is 1. The SMILES string of the molecule is CN(Cc1ccccc1)c1ccc2nc(-c3ccc(F)cc3)c(O)n2n1. The molecule has 0 saturated carbocycles. The first-order valence-corrected chi connectivity index (χ1v) is 8.21. The van der Waals surface area contributed by atoms with E-state index in [1.807, 2.05) is 36.2 Å². The van der Waals surface area contributed by atoms with Gasteiger partial charge in [-0.05, 0) is 42.0 Å². The van der Waals surface area contributed by atoms with E-state index in [9.17, 15) is 9.50 Å². The van der Waals surface area contributed by atoms with Crippen LogP contribution in [0.3, 0.4) is 0 Å². The van der Waals surface area contributed by atoms with Crippen molar-refractivity contribution in [3.8, 4) is 17.1 Å². The van der Waals surface area contributed by atoms with Gasteiger partial charge in [0.15, 0.2) is 5.65 Å². The van der Waals surface area contributed by atoms with Gasteiger partial charge in [0.2, 0.25) is 5.88 Å². The Kier molecular flexibility index (Phi) is 4.01.